The topological polar surface area (TPSA) is 29.3 Å². The van der Waals surface area contributed by atoms with Crippen LogP contribution in [0.2, 0.25) is 5.02 Å². The summed E-state index contributed by atoms with van der Waals surface area (Å²) in [7, 11) is 0. The predicted octanol–water partition coefficient (Wildman–Crippen LogP) is 4.01. The number of benzene rings is 2. The normalized spacial score (nSPS) is 14.2. The van der Waals surface area contributed by atoms with Crippen molar-refractivity contribution in [3.05, 3.63) is 58.4 Å². The molecule has 0 aliphatic carbocycles. The lowest BCUT2D eigenvalue weighted by Gasteiger charge is -2.31. The van der Waals surface area contributed by atoms with E-state index in [4.69, 9.17) is 17.3 Å². The number of aryl methyl sites for hydroxylation is 1. The van der Waals surface area contributed by atoms with E-state index in [1.165, 1.54) is 11.6 Å². The highest BCUT2D eigenvalue weighted by Crippen LogP contribution is 2.30. The summed E-state index contributed by atoms with van der Waals surface area (Å²) in [5, 5.41) is 0.164. The summed E-state index contributed by atoms with van der Waals surface area (Å²) in [5.74, 6) is -0.367. The van der Waals surface area contributed by atoms with Crippen LogP contribution in [-0.2, 0) is 13.0 Å². The number of nitrogens with two attached hydrogens (primary N) is 1. The molecule has 0 spiro atoms. The van der Waals surface area contributed by atoms with Gasteiger partial charge in [-0.15, -0.1) is 0 Å². The van der Waals surface area contributed by atoms with Gasteiger partial charge in [-0.05, 0) is 48.2 Å². The summed E-state index contributed by atoms with van der Waals surface area (Å²) in [6.45, 7) is 1.63. The maximum atomic E-state index is 13.5. The average molecular weight is 291 g/mol. The Labute approximate surface area is 123 Å². The van der Waals surface area contributed by atoms with E-state index in [9.17, 15) is 4.39 Å². The fourth-order valence-electron chi connectivity index (χ4n) is 2.69. The Bertz CT molecular complexity index is 642. The predicted molar refractivity (Wildman–Crippen MR) is 81.6 cm³/mol. The Hall–Kier alpha value is -1.74. The van der Waals surface area contributed by atoms with Crippen LogP contribution in [0, 0.1) is 5.82 Å². The molecule has 2 nitrogen and oxygen atoms in total. The zero-order valence-corrected chi connectivity index (χ0v) is 11.8. The number of nitrogen functional groups attached to an aromatic ring is 1. The Morgan fingerprint density at radius 2 is 2.05 bits per heavy atom. The minimum absolute atomic E-state index is 0.164. The second-order valence-corrected chi connectivity index (χ2v) is 5.57. The van der Waals surface area contributed by atoms with Gasteiger partial charge in [0.05, 0.1) is 5.02 Å². The molecule has 0 atom stereocenters. The van der Waals surface area contributed by atoms with Gasteiger partial charge in [-0.1, -0.05) is 23.7 Å². The van der Waals surface area contributed by atoms with Crippen molar-refractivity contribution in [1.29, 1.82) is 0 Å². The van der Waals surface area contributed by atoms with Crippen molar-refractivity contribution in [3.8, 4) is 0 Å². The lowest BCUT2D eigenvalue weighted by atomic mass is 10.0. The molecule has 0 saturated carbocycles. The molecule has 1 aliphatic heterocycles. The third-order valence-corrected chi connectivity index (χ3v) is 3.99. The van der Waals surface area contributed by atoms with E-state index in [0.717, 1.165) is 36.3 Å². The van der Waals surface area contributed by atoms with Gasteiger partial charge in [0.2, 0.25) is 0 Å². The largest absolute Gasteiger partial charge is 0.399 e. The van der Waals surface area contributed by atoms with Crippen molar-refractivity contribution in [2.45, 2.75) is 19.4 Å². The van der Waals surface area contributed by atoms with Gasteiger partial charge in [-0.3, -0.25) is 0 Å². The zero-order valence-electron chi connectivity index (χ0n) is 11.1. The molecule has 1 heterocycles. The minimum Gasteiger partial charge on any atom is -0.399 e. The van der Waals surface area contributed by atoms with E-state index < -0.39 is 0 Å². The highest BCUT2D eigenvalue weighted by atomic mass is 35.5. The van der Waals surface area contributed by atoms with Crippen molar-refractivity contribution in [2.24, 2.45) is 0 Å². The molecule has 104 valence electrons. The van der Waals surface area contributed by atoms with Crippen molar-refractivity contribution in [1.82, 2.24) is 0 Å². The summed E-state index contributed by atoms with van der Waals surface area (Å²) in [6.07, 6.45) is 2.17. The van der Waals surface area contributed by atoms with Crippen LogP contribution in [0.3, 0.4) is 0 Å². The molecule has 0 fully saturated rings. The number of halogens is 2. The lowest BCUT2D eigenvalue weighted by Crippen LogP contribution is -2.28. The summed E-state index contributed by atoms with van der Waals surface area (Å²) in [6, 6.07) is 11.0. The number of rotatable bonds is 2. The number of hydrogen-bond donors (Lipinski definition) is 1. The first-order chi connectivity index (χ1) is 9.63. The summed E-state index contributed by atoms with van der Waals surface area (Å²) >= 11 is 5.72. The quantitative estimate of drug-likeness (QED) is 0.847. The standard InChI is InChI=1S/C16H16ClFN2/c17-14-6-3-11(8-15(14)18)10-20-7-1-2-12-4-5-13(19)9-16(12)20/h3-6,8-9H,1-2,7,10,19H2. The van der Waals surface area contributed by atoms with E-state index in [1.54, 1.807) is 6.07 Å². The first kappa shape index (κ1) is 13.3. The first-order valence-electron chi connectivity index (χ1n) is 6.71. The van der Waals surface area contributed by atoms with E-state index in [-0.39, 0.29) is 10.8 Å². The molecule has 0 aromatic heterocycles. The molecule has 0 amide bonds. The molecule has 0 radical (unpaired) electrons. The Morgan fingerprint density at radius 3 is 2.85 bits per heavy atom. The van der Waals surface area contributed by atoms with Crippen LogP contribution < -0.4 is 10.6 Å². The second kappa shape index (κ2) is 5.33. The van der Waals surface area contributed by atoms with Crippen LogP contribution in [0.15, 0.2) is 36.4 Å². The molecule has 0 saturated heterocycles. The van der Waals surface area contributed by atoms with E-state index >= 15 is 0 Å². The van der Waals surface area contributed by atoms with Gasteiger partial charge >= 0.3 is 0 Å². The monoisotopic (exact) mass is 290 g/mol. The van der Waals surface area contributed by atoms with Crippen molar-refractivity contribution in [2.75, 3.05) is 17.2 Å². The molecule has 2 aromatic rings. The summed E-state index contributed by atoms with van der Waals surface area (Å²) in [5.41, 5.74) is 10.0. The van der Waals surface area contributed by atoms with Gasteiger partial charge in [0.1, 0.15) is 5.82 Å². The second-order valence-electron chi connectivity index (χ2n) is 5.16. The molecule has 3 rings (SSSR count). The van der Waals surface area contributed by atoms with E-state index in [0.29, 0.717) is 6.54 Å². The van der Waals surface area contributed by atoms with Gasteiger partial charge in [0.15, 0.2) is 0 Å². The van der Waals surface area contributed by atoms with Crippen LogP contribution >= 0.6 is 11.6 Å². The molecule has 2 N–H and O–H groups in total. The molecule has 4 heteroatoms. The number of hydrogen-bond acceptors (Lipinski definition) is 2. The van der Waals surface area contributed by atoms with Gasteiger partial charge in [0.25, 0.3) is 0 Å². The molecular formula is C16H16ClFN2. The molecule has 20 heavy (non-hydrogen) atoms. The maximum Gasteiger partial charge on any atom is 0.142 e. The molecule has 0 unspecified atom stereocenters. The summed E-state index contributed by atoms with van der Waals surface area (Å²) in [4.78, 5) is 2.25. The first-order valence-corrected chi connectivity index (χ1v) is 7.08. The molecular weight excluding hydrogens is 275 g/mol. The van der Waals surface area contributed by atoms with Crippen molar-refractivity contribution < 1.29 is 4.39 Å². The van der Waals surface area contributed by atoms with E-state index in [2.05, 4.69) is 11.0 Å². The van der Waals surface area contributed by atoms with Crippen molar-refractivity contribution in [3.63, 3.8) is 0 Å². The highest BCUT2D eigenvalue weighted by molar-refractivity contribution is 6.30. The fourth-order valence-corrected chi connectivity index (χ4v) is 2.81. The minimum atomic E-state index is -0.367. The lowest BCUT2D eigenvalue weighted by molar-refractivity contribution is 0.623. The Morgan fingerprint density at radius 1 is 1.20 bits per heavy atom. The van der Waals surface area contributed by atoms with Crippen LogP contribution in [0.5, 0.6) is 0 Å². The van der Waals surface area contributed by atoms with Crippen LogP contribution in [0.1, 0.15) is 17.5 Å². The Kier molecular flexibility index (Phi) is 3.53. The molecule has 0 bridgehead atoms. The Balaban J connectivity index is 1.89. The van der Waals surface area contributed by atoms with Crippen LogP contribution in [0.4, 0.5) is 15.8 Å². The number of anilines is 2. The third kappa shape index (κ3) is 2.59. The van der Waals surface area contributed by atoms with Crippen molar-refractivity contribution >= 4 is 23.0 Å². The molecule has 2 aromatic carbocycles. The van der Waals surface area contributed by atoms with Crippen LogP contribution in [-0.4, -0.2) is 6.54 Å². The van der Waals surface area contributed by atoms with Gasteiger partial charge < -0.3 is 10.6 Å². The van der Waals surface area contributed by atoms with E-state index in [1.807, 2.05) is 18.2 Å². The smallest absolute Gasteiger partial charge is 0.142 e. The maximum absolute atomic E-state index is 13.5. The van der Waals surface area contributed by atoms with Gasteiger partial charge in [-0.2, -0.15) is 0 Å². The molecule has 1 aliphatic rings. The fraction of sp³-hybridized carbons (Fsp3) is 0.250. The zero-order chi connectivity index (χ0) is 14.1. The number of nitrogens with zero attached hydrogens (tertiary/aromatic N) is 1. The van der Waals surface area contributed by atoms with Gasteiger partial charge in [0, 0.05) is 24.5 Å². The third-order valence-electron chi connectivity index (χ3n) is 3.68. The average Bonchev–Trinajstić information content (AvgIpc) is 2.44. The summed E-state index contributed by atoms with van der Waals surface area (Å²) < 4.78 is 13.5. The van der Waals surface area contributed by atoms with Gasteiger partial charge in [-0.25, -0.2) is 4.39 Å². The van der Waals surface area contributed by atoms with Crippen LogP contribution in [0.25, 0.3) is 0 Å². The SMILES string of the molecule is Nc1ccc2c(c1)N(Cc1ccc(Cl)c(F)c1)CCC2. The number of fused-ring (bicyclic) bond motifs is 1. The highest BCUT2D eigenvalue weighted by Gasteiger charge is 2.17.